The van der Waals surface area contributed by atoms with E-state index in [-0.39, 0.29) is 5.97 Å². The van der Waals surface area contributed by atoms with Crippen molar-refractivity contribution in [1.29, 1.82) is 0 Å². The van der Waals surface area contributed by atoms with Gasteiger partial charge >= 0.3 is 5.97 Å². The summed E-state index contributed by atoms with van der Waals surface area (Å²) >= 11 is 0. The van der Waals surface area contributed by atoms with Crippen molar-refractivity contribution in [3.63, 3.8) is 0 Å². The van der Waals surface area contributed by atoms with Gasteiger partial charge in [0.25, 0.3) is 0 Å². The Kier molecular flexibility index (Phi) is 2.45. The Balaban J connectivity index is 2.45. The molecular weight excluding hydrogens is 180 g/mol. The van der Waals surface area contributed by atoms with Gasteiger partial charge in [-0.2, -0.15) is 0 Å². The standard InChI is InChI=1S/C10H12N2O2/c1-14-10(13)9-6-12-5-7-4-11-3-2-8(7)9/h5-6,11H,2-4H2,1H3. The van der Waals surface area contributed by atoms with Gasteiger partial charge in [-0.15, -0.1) is 0 Å². The van der Waals surface area contributed by atoms with Crippen LogP contribution in [-0.4, -0.2) is 24.6 Å². The molecule has 1 aromatic heterocycles. The van der Waals surface area contributed by atoms with Gasteiger partial charge in [0.2, 0.25) is 0 Å². The smallest absolute Gasteiger partial charge is 0.339 e. The molecular formula is C10H12N2O2. The molecule has 74 valence electrons. The second-order valence-electron chi connectivity index (χ2n) is 3.24. The molecule has 1 aromatic rings. The van der Waals surface area contributed by atoms with Crippen LogP contribution in [0.1, 0.15) is 21.5 Å². The number of hydrogen-bond donors (Lipinski definition) is 1. The summed E-state index contributed by atoms with van der Waals surface area (Å²) in [6.07, 6.45) is 4.24. The first kappa shape index (κ1) is 9.15. The van der Waals surface area contributed by atoms with Gasteiger partial charge in [0.1, 0.15) is 0 Å². The Morgan fingerprint density at radius 3 is 3.21 bits per heavy atom. The third-order valence-electron chi connectivity index (χ3n) is 2.42. The highest BCUT2D eigenvalue weighted by Crippen LogP contribution is 2.17. The van der Waals surface area contributed by atoms with E-state index in [4.69, 9.17) is 4.74 Å². The van der Waals surface area contributed by atoms with E-state index in [1.807, 2.05) is 0 Å². The van der Waals surface area contributed by atoms with E-state index >= 15 is 0 Å². The number of carbonyl (C=O) groups is 1. The number of aromatic nitrogens is 1. The fourth-order valence-electron chi connectivity index (χ4n) is 1.70. The van der Waals surface area contributed by atoms with Crippen LogP contribution in [0.5, 0.6) is 0 Å². The molecule has 0 bridgehead atoms. The van der Waals surface area contributed by atoms with E-state index in [1.165, 1.54) is 7.11 Å². The van der Waals surface area contributed by atoms with Crippen molar-refractivity contribution in [2.24, 2.45) is 0 Å². The van der Waals surface area contributed by atoms with Crippen LogP contribution in [-0.2, 0) is 17.7 Å². The molecule has 0 unspecified atom stereocenters. The number of esters is 1. The predicted octanol–water partition coefficient (Wildman–Crippen LogP) is 0.514. The SMILES string of the molecule is COC(=O)c1cncc2c1CCNC2. The van der Waals surface area contributed by atoms with Gasteiger partial charge in [-0.1, -0.05) is 0 Å². The van der Waals surface area contributed by atoms with Crippen molar-refractivity contribution in [3.05, 3.63) is 29.1 Å². The summed E-state index contributed by atoms with van der Waals surface area (Å²) in [7, 11) is 1.39. The summed E-state index contributed by atoms with van der Waals surface area (Å²) in [6, 6.07) is 0. The van der Waals surface area contributed by atoms with Crippen LogP contribution in [0.25, 0.3) is 0 Å². The van der Waals surface area contributed by atoms with E-state index in [9.17, 15) is 4.79 Å². The number of ether oxygens (including phenoxy) is 1. The average Bonchev–Trinajstić information content (AvgIpc) is 2.27. The van der Waals surface area contributed by atoms with Crippen molar-refractivity contribution in [1.82, 2.24) is 10.3 Å². The van der Waals surface area contributed by atoms with Crippen molar-refractivity contribution in [2.45, 2.75) is 13.0 Å². The summed E-state index contributed by atoms with van der Waals surface area (Å²) in [4.78, 5) is 15.4. The molecule has 0 aliphatic carbocycles. The molecule has 0 spiro atoms. The van der Waals surface area contributed by atoms with Crippen LogP contribution in [0, 0.1) is 0 Å². The second-order valence-corrected chi connectivity index (χ2v) is 3.24. The summed E-state index contributed by atoms with van der Waals surface area (Å²) in [5, 5.41) is 3.23. The molecule has 14 heavy (non-hydrogen) atoms. The van der Waals surface area contributed by atoms with Crippen LogP contribution >= 0.6 is 0 Å². The first-order chi connectivity index (χ1) is 6.83. The van der Waals surface area contributed by atoms with Gasteiger partial charge in [0.15, 0.2) is 0 Å². The second kappa shape index (κ2) is 3.75. The van der Waals surface area contributed by atoms with E-state index in [2.05, 4.69) is 10.3 Å². The van der Waals surface area contributed by atoms with Gasteiger partial charge in [-0.05, 0) is 24.1 Å². The fraction of sp³-hybridized carbons (Fsp3) is 0.400. The summed E-state index contributed by atoms with van der Waals surface area (Å²) in [5.74, 6) is -0.295. The maximum Gasteiger partial charge on any atom is 0.339 e. The lowest BCUT2D eigenvalue weighted by molar-refractivity contribution is 0.0598. The zero-order chi connectivity index (χ0) is 9.97. The molecule has 2 heterocycles. The van der Waals surface area contributed by atoms with Crippen molar-refractivity contribution < 1.29 is 9.53 Å². The first-order valence-corrected chi connectivity index (χ1v) is 4.57. The number of nitrogens with one attached hydrogen (secondary N) is 1. The van der Waals surface area contributed by atoms with Gasteiger partial charge in [0, 0.05) is 18.9 Å². The molecule has 0 saturated carbocycles. The number of nitrogens with zero attached hydrogens (tertiary/aromatic N) is 1. The molecule has 1 aliphatic heterocycles. The number of fused-ring (bicyclic) bond motifs is 1. The molecule has 0 atom stereocenters. The molecule has 0 radical (unpaired) electrons. The lowest BCUT2D eigenvalue weighted by atomic mass is 9.98. The van der Waals surface area contributed by atoms with Crippen LogP contribution < -0.4 is 5.32 Å². The molecule has 1 N–H and O–H groups in total. The normalized spacial score (nSPS) is 14.6. The Morgan fingerprint density at radius 1 is 1.57 bits per heavy atom. The van der Waals surface area contributed by atoms with Crippen molar-refractivity contribution in [3.8, 4) is 0 Å². The maximum absolute atomic E-state index is 11.4. The van der Waals surface area contributed by atoms with Crippen LogP contribution in [0.3, 0.4) is 0 Å². The topological polar surface area (TPSA) is 51.2 Å². The van der Waals surface area contributed by atoms with Gasteiger partial charge < -0.3 is 10.1 Å². The zero-order valence-electron chi connectivity index (χ0n) is 8.04. The quantitative estimate of drug-likeness (QED) is 0.659. The summed E-state index contributed by atoms with van der Waals surface area (Å²) in [6.45, 7) is 1.69. The lowest BCUT2D eigenvalue weighted by Gasteiger charge is -2.18. The van der Waals surface area contributed by atoms with Gasteiger partial charge in [-0.25, -0.2) is 4.79 Å². The first-order valence-electron chi connectivity index (χ1n) is 4.57. The fourth-order valence-corrected chi connectivity index (χ4v) is 1.70. The highest BCUT2D eigenvalue weighted by Gasteiger charge is 2.17. The van der Waals surface area contributed by atoms with E-state index < -0.39 is 0 Å². The van der Waals surface area contributed by atoms with Crippen molar-refractivity contribution >= 4 is 5.97 Å². The number of hydrogen-bond acceptors (Lipinski definition) is 4. The molecule has 4 heteroatoms. The molecule has 2 rings (SSSR count). The third-order valence-corrected chi connectivity index (χ3v) is 2.42. The van der Waals surface area contributed by atoms with E-state index in [1.54, 1.807) is 12.4 Å². The third kappa shape index (κ3) is 1.48. The van der Waals surface area contributed by atoms with Gasteiger partial charge in [-0.3, -0.25) is 4.98 Å². The average molecular weight is 192 g/mol. The molecule has 0 fully saturated rings. The van der Waals surface area contributed by atoms with Crippen LogP contribution in [0.2, 0.25) is 0 Å². The number of methoxy groups -OCH3 is 1. The van der Waals surface area contributed by atoms with Gasteiger partial charge in [0.05, 0.1) is 12.7 Å². The Hall–Kier alpha value is -1.42. The van der Waals surface area contributed by atoms with E-state index in [0.29, 0.717) is 5.56 Å². The Labute approximate surface area is 82.3 Å². The lowest BCUT2D eigenvalue weighted by Crippen LogP contribution is -2.26. The minimum atomic E-state index is -0.295. The Bertz CT molecular complexity index is 363. The number of pyridine rings is 1. The number of carbonyl (C=O) groups excluding carboxylic acids is 1. The molecule has 0 aromatic carbocycles. The highest BCUT2D eigenvalue weighted by molar-refractivity contribution is 5.91. The molecule has 0 saturated heterocycles. The van der Waals surface area contributed by atoms with E-state index in [0.717, 1.165) is 30.6 Å². The largest absolute Gasteiger partial charge is 0.465 e. The Morgan fingerprint density at radius 2 is 2.43 bits per heavy atom. The van der Waals surface area contributed by atoms with Crippen molar-refractivity contribution in [2.75, 3.05) is 13.7 Å². The maximum atomic E-state index is 11.4. The van der Waals surface area contributed by atoms with Crippen LogP contribution in [0.15, 0.2) is 12.4 Å². The molecule has 4 nitrogen and oxygen atoms in total. The molecule has 1 aliphatic rings. The predicted molar refractivity (Wildman–Crippen MR) is 51.0 cm³/mol. The monoisotopic (exact) mass is 192 g/mol. The number of rotatable bonds is 1. The zero-order valence-corrected chi connectivity index (χ0v) is 8.04. The minimum Gasteiger partial charge on any atom is -0.465 e. The highest BCUT2D eigenvalue weighted by atomic mass is 16.5. The summed E-state index contributed by atoms with van der Waals surface area (Å²) in [5.41, 5.74) is 2.77. The molecule has 0 amide bonds. The van der Waals surface area contributed by atoms with Crippen LogP contribution in [0.4, 0.5) is 0 Å². The minimum absolute atomic E-state index is 0.295. The summed E-state index contributed by atoms with van der Waals surface area (Å²) < 4.78 is 4.70.